The van der Waals surface area contributed by atoms with E-state index in [-0.39, 0.29) is 17.9 Å². The molecular weight excluding hydrogens is 437 g/mol. The van der Waals surface area contributed by atoms with Crippen molar-refractivity contribution in [3.63, 3.8) is 0 Å². The molecule has 0 saturated heterocycles. The molecule has 4 rings (SSSR count). The fourth-order valence-electron chi connectivity index (χ4n) is 3.28. The minimum absolute atomic E-state index is 0.138. The van der Waals surface area contributed by atoms with Crippen LogP contribution in [0.4, 0.5) is 0 Å². The van der Waals surface area contributed by atoms with Crippen LogP contribution in [0.1, 0.15) is 11.1 Å². The van der Waals surface area contributed by atoms with E-state index < -0.39 is 0 Å². The number of aromatic nitrogens is 4. The first-order valence-corrected chi connectivity index (χ1v) is 10.4. The lowest BCUT2D eigenvalue weighted by Gasteiger charge is -2.08. The molecule has 0 bridgehead atoms. The summed E-state index contributed by atoms with van der Waals surface area (Å²) < 4.78 is 3.13. The normalized spacial score (nSPS) is 11.0. The fraction of sp³-hybridized carbons (Fsp3) is 0.182. The zero-order valence-electron chi connectivity index (χ0n) is 16.5. The summed E-state index contributed by atoms with van der Waals surface area (Å²) in [5.41, 5.74) is 1.98. The van der Waals surface area contributed by atoms with Gasteiger partial charge >= 0.3 is 0 Å². The summed E-state index contributed by atoms with van der Waals surface area (Å²) in [6.45, 7) is 1.11. The van der Waals surface area contributed by atoms with E-state index in [9.17, 15) is 9.59 Å². The average molecular weight is 456 g/mol. The largest absolute Gasteiger partial charge is 0.354 e. The van der Waals surface area contributed by atoms with Gasteiger partial charge in [-0.3, -0.25) is 14.2 Å². The van der Waals surface area contributed by atoms with Crippen molar-refractivity contribution in [2.24, 2.45) is 0 Å². The summed E-state index contributed by atoms with van der Waals surface area (Å²) in [5.74, 6) is -0.138. The molecule has 158 valence electrons. The third-order valence-corrected chi connectivity index (χ3v) is 5.42. The molecular formula is C22H19Cl2N5O2. The van der Waals surface area contributed by atoms with Gasteiger partial charge in [-0.15, -0.1) is 0 Å². The molecule has 7 nitrogen and oxygen atoms in total. The Balaban J connectivity index is 1.41. The van der Waals surface area contributed by atoms with Crippen LogP contribution in [-0.2, 0) is 24.3 Å². The summed E-state index contributed by atoms with van der Waals surface area (Å²) in [6.07, 6.45) is 3.20. The summed E-state index contributed by atoms with van der Waals surface area (Å²) in [4.78, 5) is 29.4. The van der Waals surface area contributed by atoms with Gasteiger partial charge in [0.1, 0.15) is 11.7 Å². The third-order valence-electron chi connectivity index (χ3n) is 4.82. The van der Waals surface area contributed by atoms with Crippen molar-refractivity contribution in [1.29, 1.82) is 0 Å². The first-order chi connectivity index (χ1) is 15.0. The molecule has 9 heteroatoms. The minimum Gasteiger partial charge on any atom is -0.354 e. The second-order valence-electron chi connectivity index (χ2n) is 7.03. The van der Waals surface area contributed by atoms with Crippen molar-refractivity contribution in [3.8, 4) is 0 Å². The number of hydrogen-bond donors (Lipinski definition) is 1. The number of carbonyl (C=O) groups excluding carboxylic acids is 1. The monoisotopic (exact) mass is 455 g/mol. The van der Waals surface area contributed by atoms with Crippen LogP contribution in [0.5, 0.6) is 0 Å². The quantitative estimate of drug-likeness (QED) is 0.463. The van der Waals surface area contributed by atoms with Gasteiger partial charge in [0.2, 0.25) is 5.91 Å². The zero-order chi connectivity index (χ0) is 21.8. The van der Waals surface area contributed by atoms with Gasteiger partial charge in [0, 0.05) is 16.6 Å². The SMILES string of the molecule is O=C(Cc1ccccc1Cl)NCCn1ncc2c(=O)n(Cc3cccc(Cl)c3)cnc21. The molecule has 0 saturated carbocycles. The highest BCUT2D eigenvalue weighted by Gasteiger charge is 2.11. The van der Waals surface area contributed by atoms with E-state index >= 15 is 0 Å². The molecule has 1 amide bonds. The van der Waals surface area contributed by atoms with E-state index in [1.54, 1.807) is 16.8 Å². The second kappa shape index (κ2) is 9.32. The Bertz CT molecular complexity index is 1300. The molecule has 0 fully saturated rings. The Labute approximate surface area is 188 Å². The molecule has 2 heterocycles. The van der Waals surface area contributed by atoms with Crippen molar-refractivity contribution in [1.82, 2.24) is 24.6 Å². The van der Waals surface area contributed by atoms with E-state index in [0.29, 0.717) is 40.7 Å². The Kier molecular flexibility index (Phi) is 6.34. The molecule has 4 aromatic rings. The Morgan fingerprint density at radius 3 is 2.74 bits per heavy atom. The lowest BCUT2D eigenvalue weighted by molar-refractivity contribution is -0.120. The van der Waals surface area contributed by atoms with Crippen LogP contribution < -0.4 is 10.9 Å². The Morgan fingerprint density at radius 1 is 1.10 bits per heavy atom. The van der Waals surface area contributed by atoms with Gasteiger partial charge in [0.15, 0.2) is 5.65 Å². The molecule has 0 atom stereocenters. The van der Waals surface area contributed by atoms with Crippen LogP contribution in [0.3, 0.4) is 0 Å². The van der Waals surface area contributed by atoms with Gasteiger partial charge in [0.05, 0.1) is 25.7 Å². The maximum absolute atomic E-state index is 12.8. The van der Waals surface area contributed by atoms with Gasteiger partial charge in [-0.2, -0.15) is 5.10 Å². The third kappa shape index (κ3) is 4.95. The molecule has 1 N–H and O–H groups in total. The maximum Gasteiger partial charge on any atom is 0.264 e. The van der Waals surface area contributed by atoms with Crippen molar-refractivity contribution < 1.29 is 4.79 Å². The summed E-state index contributed by atoms with van der Waals surface area (Å²) >= 11 is 12.1. The molecule has 2 aromatic carbocycles. The topological polar surface area (TPSA) is 81.8 Å². The lowest BCUT2D eigenvalue weighted by atomic mass is 10.1. The smallest absolute Gasteiger partial charge is 0.264 e. The van der Waals surface area contributed by atoms with Crippen molar-refractivity contribution in [2.45, 2.75) is 19.5 Å². The number of rotatable bonds is 7. The molecule has 0 aliphatic heterocycles. The number of nitrogens with one attached hydrogen (secondary N) is 1. The van der Waals surface area contributed by atoms with E-state index in [4.69, 9.17) is 23.2 Å². The number of carbonyl (C=O) groups is 1. The van der Waals surface area contributed by atoms with E-state index in [1.165, 1.54) is 17.1 Å². The first kappa shape index (κ1) is 21.1. The predicted molar refractivity (Wildman–Crippen MR) is 121 cm³/mol. The van der Waals surface area contributed by atoms with Gasteiger partial charge in [-0.25, -0.2) is 9.67 Å². The summed E-state index contributed by atoms with van der Waals surface area (Å²) in [7, 11) is 0. The number of halogens is 2. The number of benzene rings is 2. The number of fused-ring (bicyclic) bond motifs is 1. The number of nitrogens with zero attached hydrogens (tertiary/aromatic N) is 4. The van der Waals surface area contributed by atoms with E-state index in [0.717, 1.165) is 11.1 Å². The highest BCUT2D eigenvalue weighted by Crippen LogP contribution is 2.15. The van der Waals surface area contributed by atoms with Gasteiger partial charge < -0.3 is 5.32 Å². The highest BCUT2D eigenvalue weighted by atomic mass is 35.5. The van der Waals surface area contributed by atoms with Crippen LogP contribution >= 0.6 is 23.2 Å². The molecule has 0 unspecified atom stereocenters. The minimum atomic E-state index is -0.181. The average Bonchev–Trinajstić information content (AvgIpc) is 3.16. The molecule has 0 aliphatic rings. The van der Waals surface area contributed by atoms with Crippen LogP contribution in [0, 0.1) is 0 Å². The van der Waals surface area contributed by atoms with Crippen LogP contribution in [0.15, 0.2) is 65.8 Å². The number of hydrogen-bond acceptors (Lipinski definition) is 4. The highest BCUT2D eigenvalue weighted by molar-refractivity contribution is 6.31. The summed E-state index contributed by atoms with van der Waals surface area (Å²) in [6, 6.07) is 14.6. The molecule has 31 heavy (non-hydrogen) atoms. The summed E-state index contributed by atoms with van der Waals surface area (Å²) in [5, 5.41) is 8.71. The first-order valence-electron chi connectivity index (χ1n) is 9.67. The van der Waals surface area contributed by atoms with Crippen LogP contribution in [0.2, 0.25) is 10.0 Å². The van der Waals surface area contributed by atoms with Crippen molar-refractivity contribution in [2.75, 3.05) is 6.54 Å². The lowest BCUT2D eigenvalue weighted by Crippen LogP contribution is -2.29. The van der Waals surface area contributed by atoms with E-state index in [1.807, 2.05) is 36.4 Å². The molecule has 2 aromatic heterocycles. The number of amides is 1. The van der Waals surface area contributed by atoms with E-state index in [2.05, 4.69) is 15.4 Å². The molecule has 0 spiro atoms. The van der Waals surface area contributed by atoms with Crippen LogP contribution in [-0.4, -0.2) is 31.8 Å². The van der Waals surface area contributed by atoms with Gasteiger partial charge in [-0.1, -0.05) is 53.5 Å². The zero-order valence-corrected chi connectivity index (χ0v) is 18.0. The maximum atomic E-state index is 12.8. The van der Waals surface area contributed by atoms with Gasteiger partial charge in [0.25, 0.3) is 5.56 Å². The predicted octanol–water partition coefficient (Wildman–Crippen LogP) is 3.31. The standard InChI is InChI=1S/C22H19Cl2N5O2/c23-17-6-3-4-15(10-17)13-28-14-26-21-18(22(28)31)12-27-29(21)9-8-25-20(30)11-16-5-1-2-7-19(16)24/h1-7,10,12,14H,8-9,11,13H2,(H,25,30). The van der Waals surface area contributed by atoms with Crippen LogP contribution in [0.25, 0.3) is 11.0 Å². The Morgan fingerprint density at radius 2 is 1.94 bits per heavy atom. The fourth-order valence-corrected chi connectivity index (χ4v) is 3.70. The second-order valence-corrected chi connectivity index (χ2v) is 7.87. The molecule has 0 aliphatic carbocycles. The van der Waals surface area contributed by atoms with Crippen molar-refractivity contribution in [3.05, 3.63) is 92.6 Å². The van der Waals surface area contributed by atoms with Crippen molar-refractivity contribution >= 4 is 40.1 Å². The Hall–Kier alpha value is -3.16. The molecule has 0 radical (unpaired) electrons. The van der Waals surface area contributed by atoms with Gasteiger partial charge in [-0.05, 0) is 29.3 Å².